The van der Waals surface area contributed by atoms with Gasteiger partial charge in [0.2, 0.25) is 10.0 Å². The zero-order valence-corrected chi connectivity index (χ0v) is 9.16. The van der Waals surface area contributed by atoms with E-state index < -0.39 is 10.0 Å². The molecule has 0 atom stereocenters. The lowest BCUT2D eigenvalue weighted by atomic mass is 10.7. The molecule has 1 rings (SSSR count). The first-order valence-electron chi connectivity index (χ1n) is 4.49. The lowest BCUT2D eigenvalue weighted by Crippen LogP contribution is -2.27. The van der Waals surface area contributed by atoms with Crippen molar-refractivity contribution >= 4 is 16.0 Å². The number of sulfonamides is 1. The highest BCUT2D eigenvalue weighted by molar-refractivity contribution is 7.92. The third-order valence-electron chi connectivity index (χ3n) is 1.53. The van der Waals surface area contributed by atoms with Crippen LogP contribution < -0.4 is 10.0 Å². The van der Waals surface area contributed by atoms with Crippen molar-refractivity contribution in [3.8, 4) is 0 Å². The zero-order valence-electron chi connectivity index (χ0n) is 8.34. The maximum Gasteiger partial charge on any atom is 0.256 e. The van der Waals surface area contributed by atoms with Crippen molar-refractivity contribution in [3.63, 3.8) is 0 Å². The van der Waals surface area contributed by atoms with Crippen LogP contribution in [0.15, 0.2) is 12.4 Å². The van der Waals surface area contributed by atoms with E-state index in [1.807, 2.05) is 6.92 Å². The largest absolute Gasteiger partial charge is 0.316 e. The molecule has 0 unspecified atom stereocenters. The minimum atomic E-state index is -3.38. The standard InChI is InChI=1S/C7H13N5O2S/c1-2-8-5-6-15(13,14)12-7-9-3-4-10-11-7/h3-4,8H,2,5-6H2,1H3,(H,9,11,12). The molecule has 1 aromatic heterocycles. The number of rotatable bonds is 6. The summed E-state index contributed by atoms with van der Waals surface area (Å²) in [5, 5.41) is 9.95. The van der Waals surface area contributed by atoms with Gasteiger partial charge >= 0.3 is 0 Å². The van der Waals surface area contributed by atoms with Crippen LogP contribution in [0.2, 0.25) is 0 Å². The summed E-state index contributed by atoms with van der Waals surface area (Å²) in [6.07, 6.45) is 2.74. The second-order valence-corrected chi connectivity index (χ2v) is 4.58. The number of nitrogens with one attached hydrogen (secondary N) is 2. The Hall–Kier alpha value is -1.28. The Kier molecular flexibility index (Phi) is 4.37. The lowest BCUT2D eigenvalue weighted by Gasteiger charge is -2.05. The number of hydrogen-bond acceptors (Lipinski definition) is 6. The molecule has 84 valence electrons. The van der Waals surface area contributed by atoms with Gasteiger partial charge < -0.3 is 5.32 Å². The van der Waals surface area contributed by atoms with Gasteiger partial charge in [-0.05, 0) is 6.54 Å². The van der Waals surface area contributed by atoms with Gasteiger partial charge in [0.25, 0.3) is 5.95 Å². The van der Waals surface area contributed by atoms with E-state index in [1.54, 1.807) is 0 Å². The van der Waals surface area contributed by atoms with E-state index in [0.29, 0.717) is 6.54 Å². The van der Waals surface area contributed by atoms with Gasteiger partial charge in [0.1, 0.15) is 0 Å². The minimum Gasteiger partial charge on any atom is -0.316 e. The van der Waals surface area contributed by atoms with Crippen LogP contribution in [0.4, 0.5) is 5.95 Å². The minimum absolute atomic E-state index is 0.00556. The molecule has 0 fully saturated rings. The first kappa shape index (κ1) is 11.8. The van der Waals surface area contributed by atoms with Gasteiger partial charge in [0.15, 0.2) is 0 Å². The fraction of sp³-hybridized carbons (Fsp3) is 0.571. The van der Waals surface area contributed by atoms with Gasteiger partial charge in [-0.15, -0.1) is 5.10 Å². The van der Waals surface area contributed by atoms with Gasteiger partial charge in [0.05, 0.1) is 18.1 Å². The summed E-state index contributed by atoms with van der Waals surface area (Å²) in [5.74, 6) is -0.0203. The molecule has 1 aromatic rings. The smallest absolute Gasteiger partial charge is 0.256 e. The quantitative estimate of drug-likeness (QED) is 0.624. The molecule has 0 amide bonds. The van der Waals surface area contributed by atoms with Crippen molar-refractivity contribution in [1.82, 2.24) is 20.5 Å². The third kappa shape index (κ3) is 4.66. The first-order valence-corrected chi connectivity index (χ1v) is 6.14. The molecule has 7 nitrogen and oxygen atoms in total. The maximum absolute atomic E-state index is 11.4. The SMILES string of the molecule is CCNCCS(=O)(=O)Nc1nccnn1. The van der Waals surface area contributed by atoms with E-state index in [-0.39, 0.29) is 11.7 Å². The highest BCUT2D eigenvalue weighted by atomic mass is 32.2. The molecule has 0 saturated carbocycles. The number of anilines is 1. The third-order valence-corrected chi connectivity index (χ3v) is 2.76. The van der Waals surface area contributed by atoms with Crippen molar-refractivity contribution in [2.45, 2.75) is 6.92 Å². The van der Waals surface area contributed by atoms with Crippen LogP contribution >= 0.6 is 0 Å². The summed E-state index contributed by atoms with van der Waals surface area (Å²) in [4.78, 5) is 3.71. The molecule has 0 radical (unpaired) electrons. The summed E-state index contributed by atoms with van der Waals surface area (Å²) in [6.45, 7) is 3.04. The fourth-order valence-electron chi connectivity index (χ4n) is 0.868. The van der Waals surface area contributed by atoms with E-state index in [1.165, 1.54) is 12.4 Å². The first-order chi connectivity index (χ1) is 7.14. The van der Waals surface area contributed by atoms with E-state index >= 15 is 0 Å². The molecule has 2 N–H and O–H groups in total. The summed E-state index contributed by atoms with van der Waals surface area (Å²) in [7, 11) is -3.38. The Labute approximate surface area is 88.4 Å². The number of hydrogen-bond donors (Lipinski definition) is 2. The topological polar surface area (TPSA) is 96.9 Å². The average Bonchev–Trinajstić information content (AvgIpc) is 2.18. The molecule has 0 aliphatic heterocycles. The fourth-order valence-corrected chi connectivity index (χ4v) is 1.75. The molecular formula is C7H13N5O2S. The molecule has 0 spiro atoms. The van der Waals surface area contributed by atoms with Crippen LogP contribution in [0.1, 0.15) is 6.92 Å². The van der Waals surface area contributed by atoms with Gasteiger partial charge in [-0.1, -0.05) is 6.92 Å². The highest BCUT2D eigenvalue weighted by Crippen LogP contribution is 1.97. The summed E-state index contributed by atoms with van der Waals surface area (Å²) in [6, 6.07) is 0. The van der Waals surface area contributed by atoms with Crippen LogP contribution in [0.3, 0.4) is 0 Å². The van der Waals surface area contributed by atoms with E-state index in [9.17, 15) is 8.42 Å². The Morgan fingerprint density at radius 1 is 1.40 bits per heavy atom. The summed E-state index contributed by atoms with van der Waals surface area (Å²) in [5.41, 5.74) is 0. The molecule has 0 bridgehead atoms. The lowest BCUT2D eigenvalue weighted by molar-refractivity contribution is 0.596. The van der Waals surface area contributed by atoms with Crippen molar-refractivity contribution in [3.05, 3.63) is 12.4 Å². The van der Waals surface area contributed by atoms with Gasteiger partial charge in [-0.2, -0.15) is 5.10 Å². The monoisotopic (exact) mass is 231 g/mol. The van der Waals surface area contributed by atoms with Gasteiger partial charge in [0, 0.05) is 6.54 Å². The van der Waals surface area contributed by atoms with E-state index in [2.05, 4.69) is 25.2 Å². The van der Waals surface area contributed by atoms with Crippen molar-refractivity contribution in [1.29, 1.82) is 0 Å². The van der Waals surface area contributed by atoms with E-state index in [0.717, 1.165) is 6.54 Å². The van der Waals surface area contributed by atoms with Crippen molar-refractivity contribution in [2.75, 3.05) is 23.6 Å². The van der Waals surface area contributed by atoms with Crippen LogP contribution in [0.5, 0.6) is 0 Å². The summed E-state index contributed by atoms with van der Waals surface area (Å²) >= 11 is 0. The Balaban J connectivity index is 2.50. The van der Waals surface area contributed by atoms with Gasteiger partial charge in [-0.3, -0.25) is 0 Å². The van der Waals surface area contributed by atoms with Gasteiger partial charge in [-0.25, -0.2) is 18.1 Å². The molecule has 1 heterocycles. The molecule has 15 heavy (non-hydrogen) atoms. The van der Waals surface area contributed by atoms with Crippen LogP contribution in [0.25, 0.3) is 0 Å². The normalized spacial score (nSPS) is 11.3. The van der Waals surface area contributed by atoms with Crippen LogP contribution in [-0.2, 0) is 10.0 Å². The van der Waals surface area contributed by atoms with E-state index in [4.69, 9.17) is 0 Å². The Bertz CT molecular complexity index is 380. The zero-order chi connectivity index (χ0) is 11.1. The maximum atomic E-state index is 11.4. The molecule has 8 heteroatoms. The molecule has 0 aliphatic carbocycles. The highest BCUT2D eigenvalue weighted by Gasteiger charge is 2.10. The second-order valence-electron chi connectivity index (χ2n) is 2.74. The molecule has 0 saturated heterocycles. The molecule has 0 aromatic carbocycles. The Morgan fingerprint density at radius 3 is 2.80 bits per heavy atom. The second kappa shape index (κ2) is 5.56. The van der Waals surface area contributed by atoms with Crippen LogP contribution in [-0.4, -0.2) is 42.4 Å². The Morgan fingerprint density at radius 2 is 2.20 bits per heavy atom. The number of nitrogens with zero attached hydrogens (tertiary/aromatic N) is 3. The van der Waals surface area contributed by atoms with Crippen molar-refractivity contribution in [2.24, 2.45) is 0 Å². The summed E-state index contributed by atoms with van der Waals surface area (Å²) < 4.78 is 25.1. The van der Waals surface area contributed by atoms with Crippen LogP contribution in [0, 0.1) is 0 Å². The predicted octanol–water partition coefficient (Wildman–Crippen LogP) is -0.777. The average molecular weight is 231 g/mol. The molecule has 0 aliphatic rings. The predicted molar refractivity (Wildman–Crippen MR) is 55.8 cm³/mol. The van der Waals surface area contributed by atoms with Crippen molar-refractivity contribution < 1.29 is 8.42 Å². The molecular weight excluding hydrogens is 218 g/mol. The number of aromatic nitrogens is 3.